The SMILES string of the molecule is Cc1ncsc1-c1ccc(C(C)NC(=O)[C@@H]2C[C@@H](O)CN2C(=O)C(NC(=O)COCCCCC(=O)O)C(C)(C)C)cc1. The lowest BCUT2D eigenvalue weighted by Crippen LogP contribution is -2.58. The van der Waals surface area contributed by atoms with E-state index in [9.17, 15) is 24.3 Å². The number of carbonyl (C=O) groups is 4. The molecule has 1 aliphatic heterocycles. The van der Waals surface area contributed by atoms with E-state index in [-0.39, 0.29) is 44.5 Å². The molecular weight excluding hydrogens is 560 g/mol. The first-order chi connectivity index (χ1) is 19.8. The molecule has 3 rings (SSSR count). The number of ether oxygens (including phenoxy) is 1. The van der Waals surface area contributed by atoms with Gasteiger partial charge in [-0.1, -0.05) is 45.0 Å². The number of benzene rings is 1. The Bertz CT molecular complexity index is 1240. The first kappa shape index (κ1) is 33.2. The summed E-state index contributed by atoms with van der Waals surface area (Å²) in [4.78, 5) is 57.1. The summed E-state index contributed by atoms with van der Waals surface area (Å²) < 4.78 is 5.36. The number of carboxylic acids is 1. The molecule has 1 fully saturated rings. The fraction of sp³-hybridized carbons (Fsp3) is 0.567. The lowest BCUT2D eigenvalue weighted by atomic mass is 9.85. The average molecular weight is 603 g/mol. The van der Waals surface area contributed by atoms with Crippen molar-refractivity contribution in [2.45, 2.75) is 84.5 Å². The van der Waals surface area contributed by atoms with Gasteiger partial charge in [0.1, 0.15) is 18.7 Å². The minimum atomic E-state index is -0.957. The predicted octanol–water partition coefficient (Wildman–Crippen LogP) is 3.06. The van der Waals surface area contributed by atoms with Crippen molar-refractivity contribution in [2.24, 2.45) is 5.41 Å². The molecule has 2 heterocycles. The molecule has 230 valence electrons. The largest absolute Gasteiger partial charge is 0.481 e. The van der Waals surface area contributed by atoms with Gasteiger partial charge >= 0.3 is 5.97 Å². The predicted molar refractivity (Wildman–Crippen MR) is 159 cm³/mol. The monoisotopic (exact) mass is 602 g/mol. The molecule has 1 aromatic heterocycles. The van der Waals surface area contributed by atoms with Crippen LogP contribution in [0.25, 0.3) is 10.4 Å². The number of nitrogens with zero attached hydrogens (tertiary/aromatic N) is 2. The summed E-state index contributed by atoms with van der Waals surface area (Å²) in [5.41, 5.74) is 4.03. The summed E-state index contributed by atoms with van der Waals surface area (Å²) >= 11 is 1.57. The van der Waals surface area contributed by atoms with Gasteiger partial charge in [0, 0.05) is 26.0 Å². The number of unbranched alkanes of at least 4 members (excludes halogenated alkanes) is 1. The number of amides is 3. The van der Waals surface area contributed by atoms with Crippen molar-refractivity contribution < 1.29 is 34.1 Å². The second-order valence-electron chi connectivity index (χ2n) is 11.8. The van der Waals surface area contributed by atoms with E-state index in [4.69, 9.17) is 9.84 Å². The molecule has 42 heavy (non-hydrogen) atoms. The number of aliphatic carboxylic acids is 1. The molecule has 12 heteroatoms. The fourth-order valence-corrected chi connectivity index (χ4v) is 5.67. The molecule has 0 spiro atoms. The summed E-state index contributed by atoms with van der Waals surface area (Å²) in [6, 6.07) is 5.70. The van der Waals surface area contributed by atoms with E-state index in [2.05, 4.69) is 15.6 Å². The number of β-amino-alcohol motifs (C(OH)–C–C–N with tert-alkyl or cyclic N) is 1. The van der Waals surface area contributed by atoms with Gasteiger partial charge in [0.05, 0.1) is 28.2 Å². The lowest BCUT2D eigenvalue weighted by molar-refractivity contribution is -0.144. The van der Waals surface area contributed by atoms with Crippen LogP contribution in [0.2, 0.25) is 0 Å². The number of hydrogen-bond acceptors (Lipinski definition) is 8. The first-order valence-corrected chi connectivity index (χ1v) is 15.0. The molecule has 4 atom stereocenters. The van der Waals surface area contributed by atoms with Crippen molar-refractivity contribution in [3.8, 4) is 10.4 Å². The zero-order valence-corrected chi connectivity index (χ0v) is 25.7. The van der Waals surface area contributed by atoms with Crippen molar-refractivity contribution in [1.29, 1.82) is 0 Å². The molecule has 1 aliphatic rings. The molecule has 0 aliphatic carbocycles. The number of likely N-dealkylation sites (tertiary alicyclic amines) is 1. The number of rotatable bonds is 13. The van der Waals surface area contributed by atoms with Crippen LogP contribution in [-0.4, -0.2) is 81.7 Å². The Kier molecular flexibility index (Phi) is 11.6. The third-order valence-electron chi connectivity index (χ3n) is 7.22. The summed E-state index contributed by atoms with van der Waals surface area (Å²) in [5, 5.41) is 24.9. The van der Waals surface area contributed by atoms with Crippen LogP contribution in [0.1, 0.15) is 70.7 Å². The van der Waals surface area contributed by atoms with Crippen LogP contribution in [-0.2, 0) is 23.9 Å². The number of carboxylic acid groups (broad SMARTS) is 1. The molecule has 1 saturated heterocycles. The van der Waals surface area contributed by atoms with Gasteiger partial charge in [-0.3, -0.25) is 19.2 Å². The van der Waals surface area contributed by atoms with Crippen LogP contribution in [0.3, 0.4) is 0 Å². The maximum atomic E-state index is 13.7. The Morgan fingerprint density at radius 2 is 1.83 bits per heavy atom. The summed E-state index contributed by atoms with van der Waals surface area (Å²) in [5.74, 6) is -2.21. The number of thiazole rings is 1. The van der Waals surface area contributed by atoms with Crippen LogP contribution >= 0.6 is 11.3 Å². The highest BCUT2D eigenvalue weighted by atomic mass is 32.1. The highest BCUT2D eigenvalue weighted by Crippen LogP contribution is 2.29. The van der Waals surface area contributed by atoms with E-state index < -0.39 is 41.4 Å². The van der Waals surface area contributed by atoms with Crippen LogP contribution in [0.15, 0.2) is 29.8 Å². The molecule has 4 N–H and O–H groups in total. The number of aryl methyl sites for hydroxylation is 1. The topological polar surface area (TPSA) is 158 Å². The van der Waals surface area contributed by atoms with Gasteiger partial charge in [-0.25, -0.2) is 4.98 Å². The minimum absolute atomic E-state index is 0.0171. The Morgan fingerprint density at radius 3 is 2.43 bits per heavy atom. The molecule has 11 nitrogen and oxygen atoms in total. The van der Waals surface area contributed by atoms with Gasteiger partial charge in [-0.15, -0.1) is 11.3 Å². The van der Waals surface area contributed by atoms with Gasteiger partial charge in [-0.05, 0) is 43.2 Å². The number of hydrogen-bond donors (Lipinski definition) is 4. The van der Waals surface area contributed by atoms with Crippen LogP contribution in [0.5, 0.6) is 0 Å². The number of carbonyl (C=O) groups excluding carboxylic acids is 3. The Hall–Kier alpha value is -3.35. The standard InChI is InChI=1S/C30H42N4O7S/c1-18(20-9-11-21(12-10-20)26-19(2)31-17-42-26)32-28(39)23-14-22(35)15-34(23)29(40)27(30(3,4)5)33-24(36)16-41-13-7-6-8-25(37)38/h9-12,17-18,22-23,27,35H,6-8,13-16H2,1-5H3,(H,32,39)(H,33,36)(H,37,38)/t18?,22-,23+,27?/m1/s1. The highest BCUT2D eigenvalue weighted by molar-refractivity contribution is 7.13. The van der Waals surface area contributed by atoms with Gasteiger partial charge in [0.25, 0.3) is 0 Å². The normalized spacial score (nSPS) is 18.4. The van der Waals surface area contributed by atoms with Crippen LogP contribution in [0, 0.1) is 12.3 Å². The number of aromatic nitrogens is 1. The molecule has 0 bridgehead atoms. The fourth-order valence-electron chi connectivity index (χ4n) is 4.86. The molecule has 0 saturated carbocycles. The molecule has 0 radical (unpaired) electrons. The number of nitrogens with one attached hydrogen (secondary N) is 2. The molecule has 1 aromatic carbocycles. The minimum Gasteiger partial charge on any atom is -0.481 e. The van der Waals surface area contributed by atoms with E-state index in [0.29, 0.717) is 12.8 Å². The van der Waals surface area contributed by atoms with Crippen molar-refractivity contribution in [3.63, 3.8) is 0 Å². The van der Waals surface area contributed by atoms with Crippen LogP contribution in [0.4, 0.5) is 0 Å². The van der Waals surface area contributed by atoms with Crippen molar-refractivity contribution in [1.82, 2.24) is 20.5 Å². The molecule has 2 aromatic rings. The van der Waals surface area contributed by atoms with Gasteiger partial charge in [-0.2, -0.15) is 0 Å². The Morgan fingerprint density at radius 1 is 1.14 bits per heavy atom. The summed E-state index contributed by atoms with van der Waals surface area (Å²) in [7, 11) is 0. The van der Waals surface area contributed by atoms with E-state index in [1.54, 1.807) is 16.8 Å². The molecular formula is C30H42N4O7S. The van der Waals surface area contributed by atoms with Crippen molar-refractivity contribution >= 4 is 35.0 Å². The Balaban J connectivity index is 1.62. The van der Waals surface area contributed by atoms with Gasteiger partial charge in [0.2, 0.25) is 17.7 Å². The third-order valence-corrected chi connectivity index (χ3v) is 8.20. The average Bonchev–Trinajstić information content (AvgIpc) is 3.53. The van der Waals surface area contributed by atoms with Gasteiger partial charge in [0.15, 0.2) is 0 Å². The summed E-state index contributed by atoms with van der Waals surface area (Å²) in [6.07, 6.45) is 0.200. The second kappa shape index (κ2) is 14.7. The van der Waals surface area contributed by atoms with Gasteiger partial charge < -0.3 is 30.5 Å². The lowest BCUT2D eigenvalue weighted by Gasteiger charge is -2.35. The van der Waals surface area contributed by atoms with Crippen LogP contribution < -0.4 is 10.6 Å². The number of aliphatic hydroxyl groups is 1. The van der Waals surface area contributed by atoms with E-state index in [1.165, 1.54) is 4.90 Å². The summed E-state index contributed by atoms with van der Waals surface area (Å²) in [6.45, 7) is 9.18. The molecule has 3 amide bonds. The Labute approximate surface area is 250 Å². The maximum absolute atomic E-state index is 13.7. The maximum Gasteiger partial charge on any atom is 0.303 e. The zero-order chi connectivity index (χ0) is 31.0. The zero-order valence-electron chi connectivity index (χ0n) is 24.9. The highest BCUT2D eigenvalue weighted by Gasteiger charge is 2.44. The quantitative estimate of drug-likeness (QED) is 0.255. The van der Waals surface area contributed by atoms with Crippen molar-refractivity contribution in [3.05, 3.63) is 41.0 Å². The van der Waals surface area contributed by atoms with E-state index in [1.807, 2.05) is 58.9 Å². The van der Waals surface area contributed by atoms with Crippen molar-refractivity contribution in [2.75, 3.05) is 19.8 Å². The van der Waals surface area contributed by atoms with E-state index in [0.717, 1.165) is 21.7 Å². The second-order valence-corrected chi connectivity index (χ2v) is 12.6. The smallest absolute Gasteiger partial charge is 0.303 e. The molecule has 2 unspecified atom stereocenters. The third kappa shape index (κ3) is 9.07. The number of aliphatic hydroxyl groups excluding tert-OH is 1. The first-order valence-electron chi connectivity index (χ1n) is 14.2. The van der Waals surface area contributed by atoms with E-state index >= 15 is 0 Å².